The minimum atomic E-state index is -0.374. The van der Waals surface area contributed by atoms with E-state index in [9.17, 15) is 4.79 Å². The summed E-state index contributed by atoms with van der Waals surface area (Å²) in [4.78, 5) is 11.3. The van der Waals surface area contributed by atoms with Crippen LogP contribution < -0.4 is 11.1 Å². The largest absolute Gasteiger partial charge is 0.354 e. The lowest BCUT2D eigenvalue weighted by atomic mass is 10.1. The van der Waals surface area contributed by atoms with Crippen molar-refractivity contribution < 1.29 is 14.3 Å². The van der Waals surface area contributed by atoms with Crippen molar-refractivity contribution in [3.8, 4) is 0 Å². The summed E-state index contributed by atoms with van der Waals surface area (Å²) >= 11 is 0. The molecule has 0 aliphatic rings. The topological polar surface area (TPSA) is 73.6 Å². The Bertz CT molecular complexity index is 172. The van der Waals surface area contributed by atoms with Crippen molar-refractivity contribution in [2.24, 2.45) is 11.7 Å². The molecule has 0 saturated carbocycles. The molecule has 0 aliphatic heterocycles. The van der Waals surface area contributed by atoms with Crippen molar-refractivity contribution in [3.05, 3.63) is 0 Å². The van der Waals surface area contributed by atoms with Crippen LogP contribution in [0.15, 0.2) is 0 Å². The summed E-state index contributed by atoms with van der Waals surface area (Å²) in [6.07, 6.45) is 0.937. The molecule has 5 nitrogen and oxygen atoms in total. The van der Waals surface area contributed by atoms with Crippen LogP contribution in [0.4, 0.5) is 0 Å². The van der Waals surface area contributed by atoms with Crippen LogP contribution in [0.5, 0.6) is 0 Å². The minimum absolute atomic E-state index is 0.00870. The number of hydrogen-bond acceptors (Lipinski definition) is 4. The van der Waals surface area contributed by atoms with Gasteiger partial charge < -0.3 is 20.5 Å². The minimum Gasteiger partial charge on any atom is -0.354 e. The second-order valence-electron chi connectivity index (χ2n) is 3.58. The van der Waals surface area contributed by atoms with Crippen molar-refractivity contribution >= 4 is 5.91 Å². The molecule has 1 atom stereocenters. The van der Waals surface area contributed by atoms with E-state index in [0.717, 1.165) is 6.42 Å². The molecule has 15 heavy (non-hydrogen) atoms. The summed E-state index contributed by atoms with van der Waals surface area (Å²) in [6.45, 7) is 3.02. The van der Waals surface area contributed by atoms with Gasteiger partial charge in [-0.1, -0.05) is 6.92 Å². The summed E-state index contributed by atoms with van der Waals surface area (Å²) < 4.78 is 9.88. The molecule has 90 valence electrons. The normalized spacial score (nSPS) is 12.9. The summed E-state index contributed by atoms with van der Waals surface area (Å²) in [5.41, 5.74) is 5.45. The molecule has 0 aromatic heterocycles. The van der Waals surface area contributed by atoms with E-state index in [0.29, 0.717) is 25.4 Å². The van der Waals surface area contributed by atoms with E-state index in [-0.39, 0.29) is 12.2 Å². The smallest absolute Gasteiger partial charge is 0.220 e. The van der Waals surface area contributed by atoms with Crippen LogP contribution in [0.2, 0.25) is 0 Å². The van der Waals surface area contributed by atoms with Crippen LogP contribution in [-0.2, 0) is 14.3 Å². The number of carbonyl (C=O) groups excluding carboxylic acids is 1. The fraction of sp³-hybridized carbons (Fsp3) is 0.900. The predicted molar refractivity (Wildman–Crippen MR) is 58.3 cm³/mol. The Labute approximate surface area is 91.3 Å². The summed E-state index contributed by atoms with van der Waals surface area (Å²) in [6, 6.07) is 0. The Balaban J connectivity index is 3.56. The van der Waals surface area contributed by atoms with Crippen molar-refractivity contribution in [3.63, 3.8) is 0 Å². The average molecular weight is 218 g/mol. The average Bonchev–Trinajstić information content (AvgIpc) is 2.27. The third-order valence-electron chi connectivity index (χ3n) is 2.26. The number of rotatable bonds is 8. The lowest BCUT2D eigenvalue weighted by Crippen LogP contribution is -2.34. The maximum Gasteiger partial charge on any atom is 0.220 e. The summed E-state index contributed by atoms with van der Waals surface area (Å²) in [7, 11) is 3.08. The number of amides is 1. The molecule has 0 aromatic rings. The van der Waals surface area contributed by atoms with Crippen molar-refractivity contribution in [1.82, 2.24) is 5.32 Å². The summed E-state index contributed by atoms with van der Waals surface area (Å²) in [5, 5.41) is 2.73. The van der Waals surface area contributed by atoms with Gasteiger partial charge in [0, 0.05) is 20.6 Å². The number of hydrogen-bond donors (Lipinski definition) is 2. The number of nitrogens with two attached hydrogens (primary N) is 1. The monoisotopic (exact) mass is 218 g/mol. The first-order valence-electron chi connectivity index (χ1n) is 5.16. The highest BCUT2D eigenvalue weighted by atomic mass is 16.7. The Morgan fingerprint density at radius 1 is 1.40 bits per heavy atom. The first-order valence-corrected chi connectivity index (χ1v) is 5.16. The molecular formula is C10H22N2O3. The van der Waals surface area contributed by atoms with E-state index in [2.05, 4.69) is 5.32 Å². The molecule has 5 heteroatoms. The molecule has 0 saturated heterocycles. The predicted octanol–water partition coefficient (Wildman–Crippen LogP) is 0.0965. The maximum absolute atomic E-state index is 11.3. The lowest BCUT2D eigenvalue weighted by molar-refractivity contribution is -0.127. The van der Waals surface area contributed by atoms with Crippen LogP contribution in [-0.4, -0.2) is 39.5 Å². The van der Waals surface area contributed by atoms with E-state index in [1.54, 1.807) is 0 Å². The van der Waals surface area contributed by atoms with Crippen LogP contribution >= 0.6 is 0 Å². The Morgan fingerprint density at radius 2 is 2.00 bits per heavy atom. The van der Waals surface area contributed by atoms with Gasteiger partial charge in [0.1, 0.15) is 0 Å². The first-order chi connectivity index (χ1) is 7.13. The van der Waals surface area contributed by atoms with Gasteiger partial charge in [0.05, 0.1) is 6.54 Å². The number of ether oxygens (including phenoxy) is 2. The van der Waals surface area contributed by atoms with E-state index >= 15 is 0 Å². The van der Waals surface area contributed by atoms with Crippen LogP contribution in [0.25, 0.3) is 0 Å². The Kier molecular flexibility index (Phi) is 8.27. The SMILES string of the molecule is COC(CNC(=O)CCC(C)CN)OC. The molecule has 0 aliphatic carbocycles. The fourth-order valence-electron chi connectivity index (χ4n) is 1.04. The van der Waals surface area contributed by atoms with Gasteiger partial charge in [-0.3, -0.25) is 4.79 Å². The zero-order valence-corrected chi connectivity index (χ0v) is 9.79. The molecule has 0 aromatic carbocycles. The maximum atomic E-state index is 11.3. The molecule has 1 amide bonds. The number of carbonyl (C=O) groups is 1. The van der Waals surface area contributed by atoms with E-state index in [4.69, 9.17) is 15.2 Å². The van der Waals surface area contributed by atoms with E-state index < -0.39 is 0 Å². The molecule has 1 unspecified atom stereocenters. The molecule has 0 bridgehead atoms. The molecule has 0 fully saturated rings. The molecule has 0 spiro atoms. The second-order valence-corrected chi connectivity index (χ2v) is 3.58. The zero-order valence-electron chi connectivity index (χ0n) is 9.79. The Morgan fingerprint density at radius 3 is 2.47 bits per heavy atom. The van der Waals surface area contributed by atoms with E-state index in [1.165, 1.54) is 14.2 Å². The van der Waals surface area contributed by atoms with Gasteiger partial charge in [-0.25, -0.2) is 0 Å². The van der Waals surface area contributed by atoms with Crippen molar-refractivity contribution in [1.29, 1.82) is 0 Å². The molecule has 0 radical (unpaired) electrons. The molecule has 0 heterocycles. The van der Waals surface area contributed by atoms with Crippen LogP contribution in [0.1, 0.15) is 19.8 Å². The number of methoxy groups -OCH3 is 2. The van der Waals surface area contributed by atoms with Gasteiger partial charge in [0.15, 0.2) is 6.29 Å². The third-order valence-corrected chi connectivity index (χ3v) is 2.26. The van der Waals surface area contributed by atoms with Crippen LogP contribution in [0.3, 0.4) is 0 Å². The van der Waals surface area contributed by atoms with Gasteiger partial charge >= 0.3 is 0 Å². The fourth-order valence-corrected chi connectivity index (χ4v) is 1.04. The first kappa shape index (κ1) is 14.3. The van der Waals surface area contributed by atoms with Crippen molar-refractivity contribution in [2.75, 3.05) is 27.3 Å². The van der Waals surface area contributed by atoms with Crippen LogP contribution in [0, 0.1) is 5.92 Å². The molecule has 0 rings (SSSR count). The lowest BCUT2D eigenvalue weighted by Gasteiger charge is -2.14. The molecular weight excluding hydrogens is 196 g/mol. The Hall–Kier alpha value is -0.650. The standard InChI is InChI=1S/C10H22N2O3/c1-8(6-11)4-5-9(13)12-7-10(14-2)15-3/h8,10H,4-7,11H2,1-3H3,(H,12,13). The highest BCUT2D eigenvalue weighted by molar-refractivity contribution is 5.75. The second kappa shape index (κ2) is 8.64. The van der Waals surface area contributed by atoms with Gasteiger partial charge in [-0.05, 0) is 18.9 Å². The van der Waals surface area contributed by atoms with Crippen molar-refractivity contribution in [2.45, 2.75) is 26.1 Å². The van der Waals surface area contributed by atoms with Gasteiger partial charge in [-0.15, -0.1) is 0 Å². The quantitative estimate of drug-likeness (QED) is 0.567. The molecule has 3 N–H and O–H groups in total. The summed E-state index contributed by atoms with van der Waals surface area (Å²) in [5.74, 6) is 0.394. The van der Waals surface area contributed by atoms with Gasteiger partial charge in [0.2, 0.25) is 5.91 Å². The van der Waals surface area contributed by atoms with Gasteiger partial charge in [-0.2, -0.15) is 0 Å². The third kappa shape index (κ3) is 7.30. The number of nitrogens with one attached hydrogen (secondary N) is 1. The van der Waals surface area contributed by atoms with Gasteiger partial charge in [0.25, 0.3) is 0 Å². The highest BCUT2D eigenvalue weighted by Gasteiger charge is 2.08. The zero-order chi connectivity index (χ0) is 11.7. The van der Waals surface area contributed by atoms with E-state index in [1.807, 2.05) is 6.92 Å². The highest BCUT2D eigenvalue weighted by Crippen LogP contribution is 2.02.